The van der Waals surface area contributed by atoms with Crippen LogP contribution in [0.1, 0.15) is 78.5 Å². The Hall–Kier alpha value is -6.52. The topological polar surface area (TPSA) is 185 Å². The number of ether oxygens (including phenoxy) is 2. The number of amides is 1. The molecule has 1 aliphatic carbocycles. The van der Waals surface area contributed by atoms with Crippen molar-refractivity contribution < 1.29 is 27.6 Å². The Balaban J connectivity index is 0.861. The summed E-state index contributed by atoms with van der Waals surface area (Å²) in [6, 6.07) is 28.8. The molecule has 3 aromatic carbocycles. The molecule has 0 radical (unpaired) electrons. The largest absolute Gasteiger partial charge is 0.474 e. The Morgan fingerprint density at radius 1 is 1.02 bits per heavy atom. The maximum atomic E-state index is 14.0. The molecule has 15 nitrogen and oxygen atoms in total. The van der Waals surface area contributed by atoms with Gasteiger partial charge in [-0.3, -0.25) is 19.8 Å². The third-order valence-corrected chi connectivity index (χ3v) is 14.8. The monoisotopic (exact) mass is 882 g/mol. The number of benzene rings is 3. The zero-order valence-electron chi connectivity index (χ0n) is 35.5. The molecule has 10 rings (SSSR count). The van der Waals surface area contributed by atoms with Gasteiger partial charge in [0.25, 0.3) is 15.9 Å². The lowest BCUT2D eigenvalue weighted by atomic mass is 9.59. The summed E-state index contributed by atoms with van der Waals surface area (Å²) >= 11 is 0. The lowest BCUT2D eigenvalue weighted by Gasteiger charge is -2.56. The number of hydrogen-bond acceptors (Lipinski definition) is 12. The van der Waals surface area contributed by atoms with Crippen LogP contribution in [-0.2, 0) is 22.9 Å². The van der Waals surface area contributed by atoms with Gasteiger partial charge >= 0.3 is 5.69 Å². The molecule has 0 bridgehead atoms. The van der Waals surface area contributed by atoms with E-state index in [4.69, 9.17) is 9.47 Å². The van der Waals surface area contributed by atoms with Crippen LogP contribution < -0.4 is 24.4 Å². The van der Waals surface area contributed by atoms with E-state index in [-0.39, 0.29) is 35.5 Å². The summed E-state index contributed by atoms with van der Waals surface area (Å²) in [4.78, 5) is 42.3. The molecule has 6 heterocycles. The number of pyridine rings is 2. The number of likely N-dealkylation sites (tertiary alicyclic amines) is 1. The molecule has 1 saturated carbocycles. The van der Waals surface area contributed by atoms with Crippen LogP contribution in [0, 0.1) is 15.5 Å². The Kier molecular flexibility index (Phi) is 10.9. The minimum absolute atomic E-state index is 0.0312. The van der Waals surface area contributed by atoms with Gasteiger partial charge < -0.3 is 24.7 Å². The van der Waals surface area contributed by atoms with Crippen LogP contribution in [-0.4, -0.2) is 77.4 Å². The lowest BCUT2D eigenvalue weighted by molar-refractivity contribution is -0.384. The van der Waals surface area contributed by atoms with Crippen molar-refractivity contribution in [2.24, 2.45) is 5.41 Å². The maximum absolute atomic E-state index is 14.0. The van der Waals surface area contributed by atoms with E-state index in [0.717, 1.165) is 61.6 Å². The summed E-state index contributed by atoms with van der Waals surface area (Å²) in [5, 5.41) is 15.4. The molecule has 330 valence electrons. The normalized spacial score (nSPS) is 19.7. The average Bonchev–Trinajstić information content (AvgIpc) is 3.98. The molecule has 6 aromatic rings. The van der Waals surface area contributed by atoms with Crippen LogP contribution >= 0.6 is 0 Å². The zero-order chi connectivity index (χ0) is 44.0. The zero-order valence-corrected chi connectivity index (χ0v) is 36.4. The number of H-pyrrole nitrogens is 1. The van der Waals surface area contributed by atoms with Gasteiger partial charge in [0.1, 0.15) is 23.8 Å². The minimum Gasteiger partial charge on any atom is -0.474 e. The standard InChI is InChI=1S/C48H50N8O7S/c1-2-32-11-6-7-12-38(32)40-13-8-20-55(40)36-27-48(28-36)17-21-54(22-18-48)35-14-15-39(42(25-35)63-37-24-33-16-19-49-45(33)50-29-37)46(57)53-64(60,61)43-26-41(56(58)59)44-47(52-43)62-30-34(51-44)23-31-9-4-3-5-10-31/h3-7,9-12,14-16,19,24-26,29,34,36,40,51H,2,8,13,17-18,20-23,27-28,30H2,1H3,(H,49,50)(H,53,57)/t34-,40-/m0/s1. The van der Waals surface area contributed by atoms with Crippen molar-refractivity contribution in [2.45, 2.75) is 81.4 Å². The number of rotatable bonds is 12. The quantitative estimate of drug-likeness (QED) is 0.0790. The predicted octanol–water partition coefficient (Wildman–Crippen LogP) is 8.34. The average molecular weight is 883 g/mol. The highest BCUT2D eigenvalue weighted by molar-refractivity contribution is 7.90. The van der Waals surface area contributed by atoms with Crippen molar-refractivity contribution in [2.75, 3.05) is 36.5 Å². The van der Waals surface area contributed by atoms with Gasteiger partial charge in [-0.15, -0.1) is 0 Å². The summed E-state index contributed by atoms with van der Waals surface area (Å²) in [6.45, 7) is 5.14. The molecule has 1 amide bonds. The number of aryl methyl sites for hydroxylation is 1. The van der Waals surface area contributed by atoms with Crippen molar-refractivity contribution in [3.63, 3.8) is 0 Å². The fourth-order valence-electron chi connectivity index (χ4n) is 10.3. The van der Waals surface area contributed by atoms with E-state index < -0.39 is 31.6 Å². The molecular formula is C48H50N8O7S. The van der Waals surface area contributed by atoms with Gasteiger partial charge in [-0.1, -0.05) is 61.5 Å². The van der Waals surface area contributed by atoms with Crippen LogP contribution in [0.5, 0.6) is 17.4 Å². The summed E-state index contributed by atoms with van der Waals surface area (Å²) in [7, 11) is -4.75. The number of anilines is 2. The summed E-state index contributed by atoms with van der Waals surface area (Å²) in [6.07, 6.45) is 11.8. The highest BCUT2D eigenvalue weighted by Crippen LogP contribution is 2.54. The first-order valence-corrected chi connectivity index (χ1v) is 23.6. The Bertz CT molecular complexity index is 2840. The number of piperidine rings is 1. The summed E-state index contributed by atoms with van der Waals surface area (Å²) in [5.74, 6) is -0.768. The van der Waals surface area contributed by atoms with Gasteiger partial charge in [0, 0.05) is 48.5 Å². The highest BCUT2D eigenvalue weighted by atomic mass is 32.2. The molecule has 3 aliphatic heterocycles. The first kappa shape index (κ1) is 41.5. The van der Waals surface area contributed by atoms with Gasteiger partial charge in [0.05, 0.1) is 28.8 Å². The maximum Gasteiger partial charge on any atom is 0.300 e. The van der Waals surface area contributed by atoms with Crippen LogP contribution in [0.15, 0.2) is 108 Å². The SMILES string of the molecule is CCc1ccccc1[C@@H]1CCCN1C1CC2(CCN(c3ccc(C(=O)NS(=O)(=O)c4cc([N+](=O)[O-])c5c(n4)OC[C@H](Cc4ccccc4)N5)c(Oc4cnc5[nH]ccc5c4)c3)CC2)C1. The van der Waals surface area contributed by atoms with Gasteiger partial charge in [-0.05, 0) is 104 Å². The fourth-order valence-corrected chi connectivity index (χ4v) is 11.2. The molecule has 16 heteroatoms. The van der Waals surface area contributed by atoms with Crippen molar-refractivity contribution >= 4 is 44.0 Å². The molecular weight excluding hydrogens is 833 g/mol. The number of aromatic nitrogens is 3. The third-order valence-electron chi connectivity index (χ3n) is 13.6. The predicted molar refractivity (Wildman–Crippen MR) is 243 cm³/mol. The number of sulfonamides is 1. The fraction of sp³-hybridized carbons (Fsp3) is 0.354. The number of aromatic amines is 1. The van der Waals surface area contributed by atoms with Crippen molar-refractivity contribution in [1.82, 2.24) is 24.6 Å². The number of nitrogens with one attached hydrogen (secondary N) is 3. The minimum atomic E-state index is -4.75. The first-order chi connectivity index (χ1) is 31.0. The highest BCUT2D eigenvalue weighted by Gasteiger charge is 2.50. The molecule has 0 unspecified atom stereocenters. The summed E-state index contributed by atoms with van der Waals surface area (Å²) in [5.41, 5.74) is 5.11. The molecule has 2 saturated heterocycles. The molecule has 3 aromatic heterocycles. The van der Waals surface area contributed by atoms with E-state index >= 15 is 0 Å². The Morgan fingerprint density at radius 3 is 2.61 bits per heavy atom. The molecule has 3 N–H and O–H groups in total. The second-order valence-corrected chi connectivity index (χ2v) is 19.2. The van der Waals surface area contributed by atoms with Crippen molar-refractivity contribution in [1.29, 1.82) is 0 Å². The first-order valence-electron chi connectivity index (χ1n) is 22.1. The van der Waals surface area contributed by atoms with E-state index in [0.29, 0.717) is 35.3 Å². The second-order valence-electron chi connectivity index (χ2n) is 17.6. The van der Waals surface area contributed by atoms with Gasteiger partial charge in [-0.25, -0.2) is 9.71 Å². The second kappa shape index (κ2) is 16.9. The molecule has 3 fully saturated rings. The number of carbonyl (C=O) groups is 1. The van der Waals surface area contributed by atoms with Crippen molar-refractivity contribution in [3.8, 4) is 17.4 Å². The van der Waals surface area contributed by atoms with Crippen LogP contribution in [0.2, 0.25) is 0 Å². The summed E-state index contributed by atoms with van der Waals surface area (Å²) < 4.78 is 41.9. The van der Waals surface area contributed by atoms with Gasteiger partial charge in [-0.2, -0.15) is 13.4 Å². The van der Waals surface area contributed by atoms with E-state index in [1.807, 2.05) is 36.4 Å². The van der Waals surface area contributed by atoms with E-state index in [9.17, 15) is 23.3 Å². The smallest absolute Gasteiger partial charge is 0.300 e. The van der Waals surface area contributed by atoms with E-state index in [1.54, 1.807) is 30.5 Å². The number of hydrogen-bond donors (Lipinski definition) is 3. The Labute approximate surface area is 371 Å². The van der Waals surface area contributed by atoms with Gasteiger partial charge in [0.2, 0.25) is 5.88 Å². The van der Waals surface area contributed by atoms with E-state index in [1.165, 1.54) is 43.0 Å². The number of nitro groups is 1. The van der Waals surface area contributed by atoms with Gasteiger partial charge in [0.15, 0.2) is 10.7 Å². The van der Waals surface area contributed by atoms with E-state index in [2.05, 4.69) is 66.0 Å². The third kappa shape index (κ3) is 8.11. The Morgan fingerprint density at radius 2 is 1.81 bits per heavy atom. The molecule has 1 spiro atoms. The number of carbonyl (C=O) groups excluding carboxylic acids is 1. The lowest BCUT2D eigenvalue weighted by Crippen LogP contribution is -2.54. The number of fused-ring (bicyclic) bond motifs is 2. The molecule has 2 atom stereocenters. The van der Waals surface area contributed by atoms with Crippen LogP contribution in [0.3, 0.4) is 0 Å². The van der Waals surface area contributed by atoms with Crippen LogP contribution in [0.4, 0.5) is 17.1 Å². The number of nitrogens with zero attached hydrogens (tertiary/aromatic N) is 5. The van der Waals surface area contributed by atoms with Crippen LogP contribution in [0.25, 0.3) is 11.0 Å². The molecule has 64 heavy (non-hydrogen) atoms. The molecule has 4 aliphatic rings. The van der Waals surface area contributed by atoms with Crippen molar-refractivity contribution in [3.05, 3.63) is 136 Å².